The normalized spacial score (nSPS) is 26.4. The predicted octanol–water partition coefficient (Wildman–Crippen LogP) is 0.754. The topological polar surface area (TPSA) is 68.8 Å². The number of likely N-dealkylation sites (tertiary alicyclic amines) is 1. The van der Waals surface area contributed by atoms with Crippen LogP contribution in [0.25, 0.3) is 0 Å². The van der Waals surface area contributed by atoms with Gasteiger partial charge in [0.1, 0.15) is 5.82 Å². The maximum Gasteiger partial charge on any atom is 0.417 e. The minimum atomic E-state index is -4.38. The van der Waals surface area contributed by atoms with Crippen molar-refractivity contribution < 1.29 is 22.8 Å². The van der Waals surface area contributed by atoms with E-state index in [0.717, 1.165) is 31.9 Å². The van der Waals surface area contributed by atoms with Gasteiger partial charge in [-0.2, -0.15) is 13.2 Å². The Morgan fingerprint density at radius 3 is 2.48 bits per heavy atom. The third-order valence-electron chi connectivity index (χ3n) is 5.98. The third-order valence-corrected chi connectivity index (χ3v) is 5.98. The van der Waals surface area contributed by atoms with Crippen molar-refractivity contribution in [3.05, 3.63) is 23.9 Å². The van der Waals surface area contributed by atoms with Crippen molar-refractivity contribution in [2.24, 2.45) is 0 Å². The Hall–Kier alpha value is -2.20. The number of aromatic nitrogens is 1. The summed E-state index contributed by atoms with van der Waals surface area (Å²) in [5.41, 5.74) is -0.743. The van der Waals surface area contributed by atoms with Crippen LogP contribution < -0.4 is 10.2 Å². The number of pyridine rings is 1. The average molecular weight is 411 g/mol. The lowest BCUT2D eigenvalue weighted by Crippen LogP contribution is -2.51. The molecule has 4 heterocycles. The largest absolute Gasteiger partial charge is 0.417 e. The minimum Gasteiger partial charge on any atom is -0.354 e. The van der Waals surface area contributed by atoms with Gasteiger partial charge < -0.3 is 15.1 Å². The number of amides is 1. The van der Waals surface area contributed by atoms with Crippen LogP contribution in [0.15, 0.2) is 18.3 Å². The first-order valence-corrected chi connectivity index (χ1v) is 9.87. The number of nitrogens with one attached hydrogen (secondary N) is 1. The average Bonchev–Trinajstić information content (AvgIpc) is 3.36. The maximum absolute atomic E-state index is 12.7. The van der Waals surface area contributed by atoms with Gasteiger partial charge in [0.2, 0.25) is 5.91 Å². The van der Waals surface area contributed by atoms with E-state index in [1.165, 1.54) is 6.07 Å². The summed E-state index contributed by atoms with van der Waals surface area (Å²) < 4.78 is 38.0. The van der Waals surface area contributed by atoms with E-state index in [1.54, 1.807) is 4.90 Å². The molecule has 1 aromatic rings. The Balaban J connectivity index is 1.28. The van der Waals surface area contributed by atoms with E-state index in [2.05, 4.69) is 15.2 Å². The standard InChI is InChI=1S/C19H24F3N5O2/c20-19(21,22)13-1-2-17(24-10-13)26-7-5-25(6-8-26)14-9-16(23-11-14)18(29)27-4-3-15(28)12-27/h1-2,10,14,16,23H,3-9,11-12H2/t14-,16-/m0/s1. The molecule has 0 aromatic carbocycles. The number of anilines is 1. The van der Waals surface area contributed by atoms with Crippen molar-refractivity contribution in [1.29, 1.82) is 0 Å². The molecule has 0 unspecified atom stereocenters. The highest BCUT2D eigenvalue weighted by molar-refractivity contribution is 5.91. The van der Waals surface area contributed by atoms with Crippen molar-refractivity contribution in [3.63, 3.8) is 0 Å². The summed E-state index contributed by atoms with van der Waals surface area (Å²) in [6.07, 6.45) is -2.35. The molecular weight excluding hydrogens is 387 g/mol. The Morgan fingerprint density at radius 2 is 1.90 bits per heavy atom. The number of piperazine rings is 1. The molecule has 0 spiro atoms. The molecule has 4 rings (SSSR count). The van der Waals surface area contributed by atoms with Crippen LogP contribution in [0.3, 0.4) is 0 Å². The van der Waals surface area contributed by atoms with Crippen LogP contribution >= 0.6 is 0 Å². The molecular formula is C19H24F3N5O2. The highest BCUT2D eigenvalue weighted by atomic mass is 19.4. The fourth-order valence-corrected chi connectivity index (χ4v) is 4.28. The molecule has 29 heavy (non-hydrogen) atoms. The Kier molecular flexibility index (Phi) is 5.48. The number of hydrogen-bond donors (Lipinski definition) is 1. The van der Waals surface area contributed by atoms with Gasteiger partial charge in [0, 0.05) is 57.9 Å². The molecule has 10 heteroatoms. The summed E-state index contributed by atoms with van der Waals surface area (Å²) in [6.45, 7) is 4.33. The molecule has 3 fully saturated rings. The van der Waals surface area contributed by atoms with Crippen LogP contribution in [-0.2, 0) is 15.8 Å². The van der Waals surface area contributed by atoms with E-state index in [0.29, 0.717) is 38.3 Å². The summed E-state index contributed by atoms with van der Waals surface area (Å²) in [4.78, 5) is 33.9. The highest BCUT2D eigenvalue weighted by Crippen LogP contribution is 2.29. The van der Waals surface area contributed by atoms with Gasteiger partial charge in [-0.3, -0.25) is 14.5 Å². The smallest absolute Gasteiger partial charge is 0.354 e. The van der Waals surface area contributed by atoms with E-state index < -0.39 is 11.7 Å². The Morgan fingerprint density at radius 1 is 1.14 bits per heavy atom. The number of alkyl halides is 3. The number of hydrogen-bond acceptors (Lipinski definition) is 6. The van der Waals surface area contributed by atoms with Gasteiger partial charge in [0.25, 0.3) is 0 Å². The molecule has 3 aliphatic heterocycles. The molecule has 158 valence electrons. The second kappa shape index (κ2) is 7.91. The first kappa shape index (κ1) is 20.1. The number of ketones is 1. The lowest BCUT2D eigenvalue weighted by Gasteiger charge is -2.38. The second-order valence-corrected chi connectivity index (χ2v) is 7.82. The molecule has 1 N–H and O–H groups in total. The van der Waals surface area contributed by atoms with Crippen molar-refractivity contribution >= 4 is 17.5 Å². The number of carbonyl (C=O) groups is 2. The monoisotopic (exact) mass is 411 g/mol. The molecule has 3 aliphatic rings. The third kappa shape index (κ3) is 4.37. The summed E-state index contributed by atoms with van der Waals surface area (Å²) in [7, 11) is 0. The summed E-state index contributed by atoms with van der Waals surface area (Å²) in [5, 5.41) is 3.28. The summed E-state index contributed by atoms with van der Waals surface area (Å²) in [5.74, 6) is 0.667. The number of rotatable bonds is 3. The van der Waals surface area contributed by atoms with Gasteiger partial charge in [-0.25, -0.2) is 4.98 Å². The number of carbonyl (C=O) groups excluding carboxylic acids is 2. The minimum absolute atomic E-state index is 0.00550. The van der Waals surface area contributed by atoms with Crippen LogP contribution in [0.2, 0.25) is 0 Å². The van der Waals surface area contributed by atoms with Gasteiger partial charge in [-0.15, -0.1) is 0 Å². The molecule has 0 bridgehead atoms. The zero-order valence-corrected chi connectivity index (χ0v) is 16.0. The molecule has 2 atom stereocenters. The second-order valence-electron chi connectivity index (χ2n) is 7.82. The van der Waals surface area contributed by atoms with Crippen LogP contribution in [-0.4, -0.2) is 84.4 Å². The van der Waals surface area contributed by atoms with E-state index >= 15 is 0 Å². The summed E-state index contributed by atoms with van der Waals surface area (Å²) >= 11 is 0. The lowest BCUT2D eigenvalue weighted by atomic mass is 10.1. The van der Waals surface area contributed by atoms with Crippen molar-refractivity contribution in [2.45, 2.75) is 31.1 Å². The van der Waals surface area contributed by atoms with Gasteiger partial charge in [-0.05, 0) is 18.6 Å². The van der Waals surface area contributed by atoms with Crippen LogP contribution in [0.5, 0.6) is 0 Å². The zero-order valence-electron chi connectivity index (χ0n) is 16.0. The molecule has 1 amide bonds. The highest BCUT2D eigenvalue weighted by Gasteiger charge is 2.38. The van der Waals surface area contributed by atoms with Crippen molar-refractivity contribution in [1.82, 2.24) is 20.1 Å². The van der Waals surface area contributed by atoms with Gasteiger partial charge in [-0.1, -0.05) is 0 Å². The molecule has 0 radical (unpaired) electrons. The predicted molar refractivity (Wildman–Crippen MR) is 99.4 cm³/mol. The van der Waals surface area contributed by atoms with E-state index in [4.69, 9.17) is 0 Å². The first-order chi connectivity index (χ1) is 13.8. The quantitative estimate of drug-likeness (QED) is 0.792. The van der Waals surface area contributed by atoms with Gasteiger partial charge in [0.15, 0.2) is 5.78 Å². The molecule has 7 nitrogen and oxygen atoms in total. The molecule has 3 saturated heterocycles. The van der Waals surface area contributed by atoms with Crippen LogP contribution in [0.1, 0.15) is 18.4 Å². The van der Waals surface area contributed by atoms with E-state index in [1.807, 2.05) is 4.90 Å². The van der Waals surface area contributed by atoms with Crippen molar-refractivity contribution in [2.75, 3.05) is 50.7 Å². The SMILES string of the molecule is O=C1CCN(C(=O)[C@@H]2C[C@H](N3CCN(c4ccc(C(F)(F)F)cn4)CC3)CN2)C1. The van der Waals surface area contributed by atoms with E-state index in [9.17, 15) is 22.8 Å². The molecule has 1 aromatic heterocycles. The number of halogens is 3. The fourth-order valence-electron chi connectivity index (χ4n) is 4.28. The first-order valence-electron chi connectivity index (χ1n) is 9.87. The Bertz CT molecular complexity index is 762. The maximum atomic E-state index is 12.7. The van der Waals surface area contributed by atoms with E-state index in [-0.39, 0.29) is 30.3 Å². The lowest BCUT2D eigenvalue weighted by molar-refractivity contribution is -0.137. The number of Topliss-reactive ketones (excluding diaryl/α,β-unsaturated/α-hetero) is 1. The van der Waals surface area contributed by atoms with Crippen LogP contribution in [0.4, 0.5) is 19.0 Å². The fraction of sp³-hybridized carbons (Fsp3) is 0.632. The Labute approximate surface area is 166 Å². The van der Waals surface area contributed by atoms with Gasteiger partial charge in [0.05, 0.1) is 18.2 Å². The zero-order chi connectivity index (χ0) is 20.6. The van der Waals surface area contributed by atoms with Crippen molar-refractivity contribution in [3.8, 4) is 0 Å². The molecule has 0 saturated carbocycles. The number of nitrogens with zero attached hydrogens (tertiary/aromatic N) is 4. The molecule has 0 aliphatic carbocycles. The van der Waals surface area contributed by atoms with Gasteiger partial charge >= 0.3 is 6.18 Å². The van der Waals surface area contributed by atoms with Crippen LogP contribution in [0, 0.1) is 0 Å². The summed E-state index contributed by atoms with van der Waals surface area (Å²) in [6, 6.07) is 2.47.